The van der Waals surface area contributed by atoms with Crippen molar-refractivity contribution in [1.82, 2.24) is 15.1 Å². The average molecular weight is 436 g/mol. The Labute approximate surface area is 190 Å². The number of anilines is 1. The molecule has 0 spiro atoms. The minimum Gasteiger partial charge on any atom is -0.497 e. The van der Waals surface area contributed by atoms with Crippen LogP contribution in [0.4, 0.5) is 5.69 Å². The molecule has 2 aromatic rings. The van der Waals surface area contributed by atoms with Crippen LogP contribution in [0.25, 0.3) is 0 Å². The quantitative estimate of drug-likeness (QED) is 0.559. The van der Waals surface area contributed by atoms with Gasteiger partial charge in [-0.2, -0.15) is 0 Å². The number of ether oxygens (including phenoxy) is 1. The second kappa shape index (κ2) is 10.4. The van der Waals surface area contributed by atoms with Crippen LogP contribution in [0.1, 0.15) is 24.0 Å². The molecule has 2 heterocycles. The van der Waals surface area contributed by atoms with Gasteiger partial charge >= 0.3 is 0 Å². The molecule has 2 saturated heterocycles. The Morgan fingerprint density at radius 3 is 2.25 bits per heavy atom. The average Bonchev–Trinajstić information content (AvgIpc) is 3.25. The maximum absolute atomic E-state index is 11.8. The van der Waals surface area contributed by atoms with Crippen LogP contribution >= 0.6 is 0 Å². The number of amides is 1. The van der Waals surface area contributed by atoms with E-state index >= 15 is 0 Å². The van der Waals surface area contributed by atoms with Crippen LogP contribution in [0.5, 0.6) is 5.75 Å². The topological polar surface area (TPSA) is 60.4 Å². The number of carbonyl (C=O) groups is 1. The first-order valence-corrected chi connectivity index (χ1v) is 11.4. The normalized spacial score (nSPS) is 17.1. The number of benzene rings is 2. The molecule has 7 heteroatoms. The summed E-state index contributed by atoms with van der Waals surface area (Å²) in [5, 5.41) is 3.50. The number of carbonyl (C=O) groups excluding carboxylic acids is 1. The molecular weight excluding hydrogens is 402 g/mol. The van der Waals surface area contributed by atoms with E-state index in [1.54, 1.807) is 7.11 Å². The molecule has 170 valence electrons. The zero-order valence-corrected chi connectivity index (χ0v) is 19.1. The number of hydrogen-bond acceptors (Lipinski definition) is 4. The molecule has 0 aliphatic carbocycles. The summed E-state index contributed by atoms with van der Waals surface area (Å²) in [4.78, 5) is 23.0. The largest absolute Gasteiger partial charge is 0.497 e. The van der Waals surface area contributed by atoms with Crippen LogP contribution in [-0.2, 0) is 17.9 Å². The summed E-state index contributed by atoms with van der Waals surface area (Å²) in [6.45, 7) is 6.09. The molecule has 2 fully saturated rings. The Bertz CT molecular complexity index is 918. The number of hydrogen-bond donors (Lipinski definition) is 1. The second-order valence-corrected chi connectivity index (χ2v) is 8.31. The van der Waals surface area contributed by atoms with Gasteiger partial charge in [0.15, 0.2) is 5.96 Å². The summed E-state index contributed by atoms with van der Waals surface area (Å²) in [7, 11) is 3.53. The fourth-order valence-corrected chi connectivity index (χ4v) is 4.34. The van der Waals surface area contributed by atoms with Crippen LogP contribution in [0.3, 0.4) is 0 Å². The number of aliphatic imine (C=N–C) groups is 1. The zero-order chi connectivity index (χ0) is 22.3. The third-order valence-corrected chi connectivity index (χ3v) is 6.25. The van der Waals surface area contributed by atoms with Gasteiger partial charge in [0.25, 0.3) is 0 Å². The van der Waals surface area contributed by atoms with Crippen LogP contribution in [0.15, 0.2) is 53.5 Å². The zero-order valence-electron chi connectivity index (χ0n) is 19.1. The molecule has 2 aliphatic rings. The summed E-state index contributed by atoms with van der Waals surface area (Å²) in [6.07, 6.45) is 1.67. The van der Waals surface area contributed by atoms with E-state index in [9.17, 15) is 4.79 Å². The van der Waals surface area contributed by atoms with Gasteiger partial charge in [-0.15, -0.1) is 0 Å². The molecule has 0 aromatic heterocycles. The standard InChI is InChI=1S/C25H33N5O2/c1-26-25(29-16-14-28(15-17-29)22-9-11-23(32-2)12-10-22)27-18-20-5-7-21(8-6-20)19-30-13-3-4-24(30)31/h5-12H,3-4,13-19H2,1-2H3,(H,26,27). The van der Waals surface area contributed by atoms with Crippen LogP contribution in [-0.4, -0.2) is 68.5 Å². The summed E-state index contributed by atoms with van der Waals surface area (Å²) < 4.78 is 5.26. The minimum atomic E-state index is 0.270. The van der Waals surface area contributed by atoms with E-state index in [0.29, 0.717) is 13.0 Å². The lowest BCUT2D eigenvalue weighted by molar-refractivity contribution is -0.128. The van der Waals surface area contributed by atoms with Crippen molar-refractivity contribution in [1.29, 1.82) is 0 Å². The van der Waals surface area contributed by atoms with Crippen molar-refractivity contribution in [2.75, 3.05) is 51.8 Å². The molecule has 0 unspecified atom stereocenters. The van der Waals surface area contributed by atoms with Gasteiger partial charge in [-0.3, -0.25) is 9.79 Å². The second-order valence-electron chi connectivity index (χ2n) is 8.31. The number of nitrogens with one attached hydrogen (secondary N) is 1. The van der Waals surface area contributed by atoms with Gasteiger partial charge < -0.3 is 24.8 Å². The molecule has 0 saturated carbocycles. The predicted octanol–water partition coefficient (Wildman–Crippen LogP) is 2.72. The Balaban J connectivity index is 1.25. The van der Waals surface area contributed by atoms with Gasteiger partial charge in [-0.05, 0) is 41.8 Å². The predicted molar refractivity (Wildman–Crippen MR) is 128 cm³/mol. The highest BCUT2D eigenvalue weighted by atomic mass is 16.5. The first-order valence-electron chi connectivity index (χ1n) is 11.4. The van der Waals surface area contributed by atoms with Crippen molar-refractivity contribution in [2.45, 2.75) is 25.9 Å². The third-order valence-electron chi connectivity index (χ3n) is 6.25. The highest BCUT2D eigenvalue weighted by molar-refractivity contribution is 5.80. The SMILES string of the molecule is CN=C(NCc1ccc(CN2CCCC2=O)cc1)N1CCN(c2ccc(OC)cc2)CC1. The number of nitrogens with zero attached hydrogens (tertiary/aromatic N) is 4. The first-order chi connectivity index (χ1) is 15.7. The van der Waals surface area contributed by atoms with E-state index in [2.05, 4.69) is 56.5 Å². The van der Waals surface area contributed by atoms with Gasteiger partial charge in [-0.1, -0.05) is 24.3 Å². The Kier molecular flexibility index (Phi) is 7.14. The number of piperazine rings is 1. The number of methoxy groups -OCH3 is 1. The summed E-state index contributed by atoms with van der Waals surface area (Å²) in [5.74, 6) is 2.09. The third kappa shape index (κ3) is 5.33. The summed E-state index contributed by atoms with van der Waals surface area (Å²) in [6, 6.07) is 16.8. The van der Waals surface area contributed by atoms with E-state index in [0.717, 1.165) is 57.4 Å². The molecule has 2 aromatic carbocycles. The molecule has 1 N–H and O–H groups in total. The first kappa shape index (κ1) is 22.0. The van der Waals surface area contributed by atoms with Gasteiger partial charge in [0, 0.05) is 65.0 Å². The highest BCUT2D eigenvalue weighted by Crippen LogP contribution is 2.20. The van der Waals surface area contributed by atoms with E-state index in [4.69, 9.17) is 4.74 Å². The van der Waals surface area contributed by atoms with Crippen LogP contribution in [0.2, 0.25) is 0 Å². The molecule has 1 amide bonds. The van der Waals surface area contributed by atoms with E-state index in [1.807, 2.05) is 24.1 Å². The van der Waals surface area contributed by atoms with Crippen molar-refractivity contribution < 1.29 is 9.53 Å². The van der Waals surface area contributed by atoms with E-state index in [1.165, 1.54) is 16.8 Å². The highest BCUT2D eigenvalue weighted by Gasteiger charge is 2.21. The van der Waals surface area contributed by atoms with E-state index in [-0.39, 0.29) is 5.91 Å². The maximum Gasteiger partial charge on any atom is 0.222 e. The molecule has 4 rings (SSSR count). The lowest BCUT2D eigenvalue weighted by atomic mass is 10.1. The molecule has 0 bridgehead atoms. The van der Waals surface area contributed by atoms with Crippen LogP contribution < -0.4 is 15.0 Å². The number of guanidine groups is 1. The molecule has 2 aliphatic heterocycles. The maximum atomic E-state index is 11.8. The van der Waals surface area contributed by atoms with Crippen molar-refractivity contribution in [3.8, 4) is 5.75 Å². The van der Waals surface area contributed by atoms with Gasteiger partial charge in [0.05, 0.1) is 7.11 Å². The van der Waals surface area contributed by atoms with Crippen molar-refractivity contribution >= 4 is 17.6 Å². The number of likely N-dealkylation sites (tertiary alicyclic amines) is 1. The van der Waals surface area contributed by atoms with Crippen molar-refractivity contribution in [2.24, 2.45) is 4.99 Å². The van der Waals surface area contributed by atoms with Gasteiger partial charge in [-0.25, -0.2) is 0 Å². The summed E-state index contributed by atoms with van der Waals surface area (Å²) in [5.41, 5.74) is 3.62. The van der Waals surface area contributed by atoms with Gasteiger partial charge in [0.1, 0.15) is 5.75 Å². The molecule has 0 atom stereocenters. The number of rotatable bonds is 6. The smallest absolute Gasteiger partial charge is 0.222 e. The molecule has 7 nitrogen and oxygen atoms in total. The lowest BCUT2D eigenvalue weighted by Gasteiger charge is -2.37. The molecule has 0 radical (unpaired) electrons. The summed E-state index contributed by atoms with van der Waals surface area (Å²) >= 11 is 0. The van der Waals surface area contributed by atoms with E-state index < -0.39 is 0 Å². The Hall–Kier alpha value is -3.22. The lowest BCUT2D eigenvalue weighted by Crippen LogP contribution is -2.52. The monoisotopic (exact) mass is 435 g/mol. The van der Waals surface area contributed by atoms with Crippen LogP contribution in [0, 0.1) is 0 Å². The molecule has 32 heavy (non-hydrogen) atoms. The molecular formula is C25H33N5O2. The van der Waals surface area contributed by atoms with Crippen molar-refractivity contribution in [3.63, 3.8) is 0 Å². The minimum absolute atomic E-state index is 0.270. The van der Waals surface area contributed by atoms with Crippen molar-refractivity contribution in [3.05, 3.63) is 59.7 Å². The fraction of sp³-hybridized carbons (Fsp3) is 0.440. The Morgan fingerprint density at radius 1 is 0.969 bits per heavy atom. The fourth-order valence-electron chi connectivity index (χ4n) is 4.34. The van der Waals surface area contributed by atoms with Gasteiger partial charge in [0.2, 0.25) is 5.91 Å². The Morgan fingerprint density at radius 2 is 1.66 bits per heavy atom.